The molecule has 1 aliphatic heterocycles. The molecule has 0 bridgehead atoms. The number of carbonyl (C=O) groups excluding carboxylic acids is 1. The van der Waals surface area contributed by atoms with Crippen LogP contribution in [0.3, 0.4) is 0 Å². The van der Waals surface area contributed by atoms with Crippen LogP contribution in [-0.4, -0.2) is 41.0 Å². The number of carbonyl (C=O) groups is 1. The summed E-state index contributed by atoms with van der Waals surface area (Å²) in [5.41, 5.74) is 8.01. The second-order valence-corrected chi connectivity index (χ2v) is 9.15. The molecular formula is C28H30N4O. The molecule has 1 aliphatic rings. The maximum Gasteiger partial charge on any atom is 0.272 e. The number of anilines is 1. The van der Waals surface area contributed by atoms with Gasteiger partial charge in [-0.2, -0.15) is 0 Å². The monoisotopic (exact) mass is 438 g/mol. The first kappa shape index (κ1) is 21.3. The Hall–Kier alpha value is -3.60. The lowest BCUT2D eigenvalue weighted by Crippen LogP contribution is -2.32. The van der Waals surface area contributed by atoms with Crippen LogP contribution in [0.15, 0.2) is 60.7 Å². The Labute approximate surface area is 195 Å². The van der Waals surface area contributed by atoms with Crippen LogP contribution >= 0.6 is 0 Å². The van der Waals surface area contributed by atoms with Crippen LogP contribution < -0.4 is 4.90 Å². The van der Waals surface area contributed by atoms with Gasteiger partial charge in [0.1, 0.15) is 5.69 Å². The van der Waals surface area contributed by atoms with Gasteiger partial charge in [-0.1, -0.05) is 54.6 Å². The number of hydrogen-bond donors (Lipinski definition) is 0. The molecule has 0 unspecified atom stereocenters. The summed E-state index contributed by atoms with van der Waals surface area (Å²) in [6, 6.07) is 21.1. The van der Waals surface area contributed by atoms with Gasteiger partial charge in [-0.05, 0) is 48.6 Å². The van der Waals surface area contributed by atoms with Gasteiger partial charge in [0.15, 0.2) is 5.82 Å². The van der Waals surface area contributed by atoms with Gasteiger partial charge in [0.05, 0.1) is 5.52 Å². The van der Waals surface area contributed by atoms with E-state index in [9.17, 15) is 4.79 Å². The zero-order valence-electron chi connectivity index (χ0n) is 19.8. The molecule has 0 N–H and O–H groups in total. The molecule has 3 heterocycles. The van der Waals surface area contributed by atoms with E-state index in [0.29, 0.717) is 5.69 Å². The summed E-state index contributed by atoms with van der Waals surface area (Å²) in [6.07, 6.45) is 0.975. The minimum atomic E-state index is -0.0663. The van der Waals surface area contributed by atoms with Crippen LogP contribution in [-0.2, 0) is 19.5 Å². The summed E-state index contributed by atoms with van der Waals surface area (Å²) < 4.78 is 2.37. The van der Waals surface area contributed by atoms with Gasteiger partial charge in [-0.3, -0.25) is 4.79 Å². The zero-order valence-corrected chi connectivity index (χ0v) is 19.8. The molecule has 5 rings (SSSR count). The number of amides is 1. The predicted octanol–water partition coefficient (Wildman–Crippen LogP) is 4.97. The highest BCUT2D eigenvalue weighted by molar-refractivity contribution is 6.01. The fourth-order valence-corrected chi connectivity index (χ4v) is 4.84. The lowest BCUT2D eigenvalue weighted by Gasteiger charge is -2.31. The lowest BCUT2D eigenvalue weighted by molar-refractivity contribution is 0.0822. The second kappa shape index (κ2) is 8.39. The van der Waals surface area contributed by atoms with Crippen LogP contribution in [0, 0.1) is 13.8 Å². The van der Waals surface area contributed by atoms with Crippen molar-refractivity contribution in [3.8, 4) is 0 Å². The maximum atomic E-state index is 13.0. The van der Waals surface area contributed by atoms with Crippen LogP contribution in [0.5, 0.6) is 0 Å². The highest BCUT2D eigenvalue weighted by atomic mass is 16.2. The Morgan fingerprint density at radius 2 is 1.70 bits per heavy atom. The van der Waals surface area contributed by atoms with E-state index in [1.165, 1.54) is 27.9 Å². The van der Waals surface area contributed by atoms with Crippen molar-refractivity contribution in [1.82, 2.24) is 14.5 Å². The molecule has 0 saturated carbocycles. The summed E-state index contributed by atoms with van der Waals surface area (Å²) in [7, 11) is 3.56. The molecular weight excluding hydrogens is 408 g/mol. The van der Waals surface area contributed by atoms with Gasteiger partial charge < -0.3 is 14.4 Å². The minimum Gasteiger partial charge on any atom is -0.350 e. The Balaban J connectivity index is 1.71. The first-order chi connectivity index (χ1) is 15.9. The summed E-state index contributed by atoms with van der Waals surface area (Å²) in [5.74, 6) is 0.836. The van der Waals surface area contributed by atoms with E-state index in [1.807, 2.05) is 12.1 Å². The van der Waals surface area contributed by atoms with E-state index in [-0.39, 0.29) is 5.91 Å². The third kappa shape index (κ3) is 3.78. The van der Waals surface area contributed by atoms with Crippen LogP contribution in [0.25, 0.3) is 10.9 Å². The molecule has 33 heavy (non-hydrogen) atoms. The SMILES string of the molecule is Cc1c(C)n(Cc2ccccc2)c2c(N3CCc4ccccc4C3)nc(C(=O)N(C)C)cc12. The average molecular weight is 439 g/mol. The largest absolute Gasteiger partial charge is 0.350 e. The van der Waals surface area contributed by atoms with Crippen LogP contribution in [0.2, 0.25) is 0 Å². The van der Waals surface area contributed by atoms with Crippen molar-refractivity contribution in [2.45, 2.75) is 33.4 Å². The molecule has 4 aromatic rings. The first-order valence-electron chi connectivity index (χ1n) is 11.5. The van der Waals surface area contributed by atoms with Crippen molar-refractivity contribution in [1.29, 1.82) is 0 Å². The van der Waals surface area contributed by atoms with E-state index < -0.39 is 0 Å². The van der Waals surface area contributed by atoms with Gasteiger partial charge in [0, 0.05) is 44.8 Å². The molecule has 0 fully saturated rings. The molecule has 5 heteroatoms. The predicted molar refractivity (Wildman–Crippen MR) is 134 cm³/mol. The number of aromatic nitrogens is 2. The maximum absolute atomic E-state index is 13.0. The van der Waals surface area contributed by atoms with Gasteiger partial charge in [0.2, 0.25) is 0 Å². The number of benzene rings is 2. The van der Waals surface area contributed by atoms with E-state index in [1.54, 1.807) is 19.0 Å². The average Bonchev–Trinajstić information content (AvgIpc) is 3.08. The zero-order chi connectivity index (χ0) is 23.1. The van der Waals surface area contributed by atoms with E-state index in [0.717, 1.165) is 42.8 Å². The highest BCUT2D eigenvalue weighted by Gasteiger charge is 2.25. The topological polar surface area (TPSA) is 41.4 Å². The van der Waals surface area contributed by atoms with E-state index >= 15 is 0 Å². The quantitative estimate of drug-likeness (QED) is 0.452. The highest BCUT2D eigenvalue weighted by Crippen LogP contribution is 2.35. The van der Waals surface area contributed by atoms with E-state index in [4.69, 9.17) is 4.98 Å². The van der Waals surface area contributed by atoms with Gasteiger partial charge >= 0.3 is 0 Å². The molecule has 2 aromatic carbocycles. The lowest BCUT2D eigenvalue weighted by atomic mass is 10.00. The molecule has 1 amide bonds. The third-order valence-corrected chi connectivity index (χ3v) is 6.83. The Morgan fingerprint density at radius 3 is 2.42 bits per heavy atom. The number of hydrogen-bond acceptors (Lipinski definition) is 3. The number of rotatable bonds is 4. The number of aryl methyl sites for hydroxylation is 1. The fourth-order valence-electron chi connectivity index (χ4n) is 4.84. The second-order valence-electron chi connectivity index (χ2n) is 9.15. The van der Waals surface area contributed by atoms with Crippen LogP contribution in [0.4, 0.5) is 5.82 Å². The van der Waals surface area contributed by atoms with Crippen molar-refractivity contribution in [2.75, 3.05) is 25.5 Å². The van der Waals surface area contributed by atoms with Gasteiger partial charge in [-0.25, -0.2) is 4.98 Å². The first-order valence-corrected chi connectivity index (χ1v) is 11.5. The fraction of sp³-hybridized carbons (Fsp3) is 0.286. The molecule has 0 aliphatic carbocycles. The van der Waals surface area contributed by atoms with Crippen molar-refractivity contribution >= 4 is 22.6 Å². The molecule has 0 atom stereocenters. The summed E-state index contributed by atoms with van der Waals surface area (Å²) >= 11 is 0. The standard InChI is InChI=1S/C28H30N4O/c1-19-20(2)32(17-21-10-6-5-7-11-21)26-24(19)16-25(28(33)30(3)4)29-27(26)31-15-14-22-12-8-9-13-23(22)18-31/h5-13,16H,14-15,17-18H2,1-4H3. The molecule has 0 radical (unpaired) electrons. The number of nitrogens with zero attached hydrogens (tertiary/aromatic N) is 4. The van der Waals surface area contributed by atoms with Gasteiger partial charge in [0.25, 0.3) is 5.91 Å². The normalized spacial score (nSPS) is 13.3. The Kier molecular flexibility index (Phi) is 5.41. The molecule has 0 saturated heterocycles. The smallest absolute Gasteiger partial charge is 0.272 e. The van der Waals surface area contributed by atoms with Gasteiger partial charge in [-0.15, -0.1) is 0 Å². The Bertz CT molecular complexity index is 1340. The van der Waals surface area contributed by atoms with Crippen LogP contribution in [0.1, 0.15) is 38.4 Å². The summed E-state index contributed by atoms with van der Waals surface area (Å²) in [5, 5.41) is 1.11. The molecule has 0 spiro atoms. The number of fused-ring (bicyclic) bond motifs is 2. The molecule has 168 valence electrons. The molecule has 5 nitrogen and oxygen atoms in total. The minimum absolute atomic E-state index is 0.0663. The summed E-state index contributed by atoms with van der Waals surface area (Å²) in [6.45, 7) is 6.77. The van der Waals surface area contributed by atoms with E-state index in [2.05, 4.69) is 71.8 Å². The van der Waals surface area contributed by atoms with Crippen molar-refractivity contribution in [2.24, 2.45) is 0 Å². The van der Waals surface area contributed by atoms with Crippen molar-refractivity contribution < 1.29 is 4.79 Å². The third-order valence-electron chi connectivity index (χ3n) is 6.83. The molecule has 2 aromatic heterocycles. The van der Waals surface area contributed by atoms with Crippen molar-refractivity contribution in [3.05, 3.63) is 94.3 Å². The Morgan fingerprint density at radius 1 is 1.00 bits per heavy atom. The number of pyridine rings is 1. The van der Waals surface area contributed by atoms with Crippen molar-refractivity contribution in [3.63, 3.8) is 0 Å². The summed E-state index contributed by atoms with van der Waals surface area (Å²) in [4.78, 5) is 21.9.